The molecule has 106 valence electrons. The summed E-state index contributed by atoms with van der Waals surface area (Å²) in [6, 6.07) is 9.59. The van der Waals surface area contributed by atoms with Gasteiger partial charge in [0.25, 0.3) is 0 Å². The Morgan fingerprint density at radius 1 is 1.24 bits per heavy atom. The van der Waals surface area contributed by atoms with E-state index in [1.54, 1.807) is 18.3 Å². The maximum Gasteiger partial charge on any atom is 0.328 e. The molecule has 1 N–H and O–H groups in total. The van der Waals surface area contributed by atoms with Crippen LogP contribution in [-0.4, -0.2) is 16.1 Å². The summed E-state index contributed by atoms with van der Waals surface area (Å²) < 4.78 is 5.81. The van der Waals surface area contributed by atoms with Crippen LogP contribution in [-0.2, 0) is 17.6 Å². The van der Waals surface area contributed by atoms with Crippen molar-refractivity contribution in [2.45, 2.75) is 19.3 Å². The van der Waals surface area contributed by atoms with Crippen LogP contribution in [0.2, 0.25) is 0 Å². The minimum absolute atomic E-state index is 0.410. The number of hydrogen-bond donors (Lipinski definition) is 1. The molecule has 2 aromatic rings. The van der Waals surface area contributed by atoms with Gasteiger partial charge >= 0.3 is 5.97 Å². The topological polar surface area (TPSA) is 59.4 Å². The second-order valence-corrected chi connectivity index (χ2v) is 4.96. The second-order valence-electron chi connectivity index (χ2n) is 4.96. The standard InChI is InChI=1S/C17H15NO3/c19-16(20)9-7-13-5-2-10-18-17(13)21-15-8-6-12-3-1-4-14(12)11-15/h2,5-11H,1,3-4H2,(H,19,20)/b9-7+. The van der Waals surface area contributed by atoms with E-state index in [0.29, 0.717) is 11.4 Å². The van der Waals surface area contributed by atoms with Gasteiger partial charge < -0.3 is 9.84 Å². The number of ether oxygens (including phenoxy) is 1. The van der Waals surface area contributed by atoms with Crippen LogP contribution < -0.4 is 4.74 Å². The molecule has 1 heterocycles. The number of aryl methyl sites for hydroxylation is 2. The van der Waals surface area contributed by atoms with Crippen LogP contribution >= 0.6 is 0 Å². The Hall–Kier alpha value is -2.62. The van der Waals surface area contributed by atoms with E-state index < -0.39 is 5.97 Å². The average molecular weight is 281 g/mol. The number of benzene rings is 1. The van der Waals surface area contributed by atoms with Gasteiger partial charge in [-0.2, -0.15) is 0 Å². The lowest BCUT2D eigenvalue weighted by Crippen LogP contribution is -1.93. The predicted octanol–water partition coefficient (Wildman–Crippen LogP) is 3.46. The summed E-state index contributed by atoms with van der Waals surface area (Å²) in [6.07, 6.45) is 7.59. The maximum atomic E-state index is 10.6. The molecule has 4 nitrogen and oxygen atoms in total. The zero-order valence-electron chi connectivity index (χ0n) is 11.5. The Bertz CT molecular complexity index is 707. The first-order chi connectivity index (χ1) is 10.2. The fourth-order valence-corrected chi connectivity index (χ4v) is 2.50. The highest BCUT2D eigenvalue weighted by Gasteiger charge is 2.12. The van der Waals surface area contributed by atoms with Crippen LogP contribution in [0.15, 0.2) is 42.6 Å². The van der Waals surface area contributed by atoms with Gasteiger partial charge in [0.1, 0.15) is 5.75 Å². The van der Waals surface area contributed by atoms with E-state index in [-0.39, 0.29) is 0 Å². The molecule has 0 atom stereocenters. The molecule has 3 rings (SSSR count). The number of fused-ring (bicyclic) bond motifs is 1. The number of pyridine rings is 1. The van der Waals surface area contributed by atoms with Crippen molar-refractivity contribution in [3.05, 3.63) is 59.3 Å². The average Bonchev–Trinajstić information content (AvgIpc) is 2.94. The Kier molecular flexibility index (Phi) is 3.69. The fraction of sp³-hybridized carbons (Fsp3) is 0.176. The Morgan fingerprint density at radius 3 is 2.95 bits per heavy atom. The van der Waals surface area contributed by atoms with Crippen LogP contribution in [0.4, 0.5) is 0 Å². The Morgan fingerprint density at radius 2 is 2.10 bits per heavy atom. The fourth-order valence-electron chi connectivity index (χ4n) is 2.50. The molecule has 1 aromatic carbocycles. The minimum Gasteiger partial charge on any atom is -0.478 e. The Labute approximate surface area is 122 Å². The molecule has 0 radical (unpaired) electrons. The highest BCUT2D eigenvalue weighted by molar-refractivity contribution is 5.85. The first-order valence-electron chi connectivity index (χ1n) is 6.88. The van der Waals surface area contributed by atoms with Crippen molar-refractivity contribution in [2.24, 2.45) is 0 Å². The van der Waals surface area contributed by atoms with Crippen molar-refractivity contribution in [3.8, 4) is 11.6 Å². The molecule has 0 bridgehead atoms. The number of rotatable bonds is 4. The number of nitrogens with zero attached hydrogens (tertiary/aromatic N) is 1. The zero-order chi connectivity index (χ0) is 14.7. The molecule has 1 aromatic heterocycles. The highest BCUT2D eigenvalue weighted by Crippen LogP contribution is 2.29. The zero-order valence-corrected chi connectivity index (χ0v) is 11.5. The maximum absolute atomic E-state index is 10.6. The van der Waals surface area contributed by atoms with Crippen molar-refractivity contribution >= 4 is 12.0 Å². The molecule has 0 amide bonds. The summed E-state index contributed by atoms with van der Waals surface area (Å²) in [5.41, 5.74) is 3.35. The van der Waals surface area contributed by atoms with Crippen molar-refractivity contribution in [3.63, 3.8) is 0 Å². The van der Waals surface area contributed by atoms with Crippen molar-refractivity contribution in [2.75, 3.05) is 0 Å². The van der Waals surface area contributed by atoms with Crippen molar-refractivity contribution in [1.82, 2.24) is 4.98 Å². The van der Waals surface area contributed by atoms with E-state index in [9.17, 15) is 4.79 Å². The van der Waals surface area contributed by atoms with Crippen LogP contribution in [0.25, 0.3) is 6.08 Å². The van der Waals surface area contributed by atoms with E-state index in [4.69, 9.17) is 9.84 Å². The molecule has 4 heteroatoms. The van der Waals surface area contributed by atoms with E-state index in [1.807, 2.05) is 12.1 Å². The highest BCUT2D eigenvalue weighted by atomic mass is 16.5. The van der Waals surface area contributed by atoms with E-state index in [2.05, 4.69) is 11.1 Å². The summed E-state index contributed by atoms with van der Waals surface area (Å²) >= 11 is 0. The largest absolute Gasteiger partial charge is 0.478 e. The van der Waals surface area contributed by atoms with Gasteiger partial charge in [0.2, 0.25) is 5.88 Å². The van der Waals surface area contributed by atoms with Crippen molar-refractivity contribution in [1.29, 1.82) is 0 Å². The van der Waals surface area contributed by atoms with Gasteiger partial charge in [-0.25, -0.2) is 9.78 Å². The summed E-state index contributed by atoms with van der Waals surface area (Å²) in [4.78, 5) is 14.8. The number of hydrogen-bond acceptors (Lipinski definition) is 3. The predicted molar refractivity (Wildman–Crippen MR) is 79.4 cm³/mol. The third-order valence-corrected chi connectivity index (χ3v) is 3.49. The number of carboxylic acids is 1. The molecule has 1 aliphatic carbocycles. The molecule has 0 spiro atoms. The normalized spacial score (nSPS) is 13.3. The third-order valence-electron chi connectivity index (χ3n) is 3.49. The Balaban J connectivity index is 1.86. The monoisotopic (exact) mass is 281 g/mol. The first-order valence-corrected chi connectivity index (χ1v) is 6.88. The summed E-state index contributed by atoms with van der Waals surface area (Å²) in [5, 5.41) is 8.71. The summed E-state index contributed by atoms with van der Waals surface area (Å²) in [5.74, 6) is 0.148. The lowest BCUT2D eigenvalue weighted by Gasteiger charge is -2.09. The first kappa shape index (κ1) is 13.4. The molecule has 0 aliphatic heterocycles. The van der Waals surface area contributed by atoms with Gasteiger partial charge in [-0.3, -0.25) is 0 Å². The SMILES string of the molecule is O=C(O)/C=C/c1cccnc1Oc1ccc2c(c1)CCC2. The summed E-state index contributed by atoms with van der Waals surface area (Å²) in [7, 11) is 0. The third kappa shape index (κ3) is 3.11. The number of aromatic nitrogens is 1. The van der Waals surface area contributed by atoms with Gasteiger partial charge in [-0.05, 0) is 60.7 Å². The quantitative estimate of drug-likeness (QED) is 0.872. The molecule has 0 saturated heterocycles. The van der Waals surface area contributed by atoms with Crippen LogP contribution in [0.1, 0.15) is 23.1 Å². The lowest BCUT2D eigenvalue weighted by molar-refractivity contribution is -0.131. The number of aliphatic carboxylic acids is 1. The molecule has 21 heavy (non-hydrogen) atoms. The molecular weight excluding hydrogens is 266 g/mol. The smallest absolute Gasteiger partial charge is 0.328 e. The van der Waals surface area contributed by atoms with Gasteiger partial charge in [0, 0.05) is 17.8 Å². The van der Waals surface area contributed by atoms with Crippen LogP contribution in [0.5, 0.6) is 11.6 Å². The van der Waals surface area contributed by atoms with Gasteiger partial charge in [0.15, 0.2) is 0 Å². The van der Waals surface area contributed by atoms with E-state index in [1.165, 1.54) is 23.6 Å². The molecule has 0 fully saturated rings. The number of carboxylic acid groups (broad SMARTS) is 1. The van der Waals surface area contributed by atoms with E-state index >= 15 is 0 Å². The lowest BCUT2D eigenvalue weighted by atomic mass is 10.1. The molecule has 1 aliphatic rings. The van der Waals surface area contributed by atoms with E-state index in [0.717, 1.165) is 24.7 Å². The van der Waals surface area contributed by atoms with Crippen LogP contribution in [0.3, 0.4) is 0 Å². The van der Waals surface area contributed by atoms with Crippen molar-refractivity contribution < 1.29 is 14.6 Å². The van der Waals surface area contributed by atoms with Gasteiger partial charge in [0.05, 0.1) is 0 Å². The number of carbonyl (C=O) groups is 1. The summed E-state index contributed by atoms with van der Waals surface area (Å²) in [6.45, 7) is 0. The minimum atomic E-state index is -0.998. The molecule has 0 unspecified atom stereocenters. The molecule has 0 saturated carbocycles. The van der Waals surface area contributed by atoms with Gasteiger partial charge in [-0.15, -0.1) is 0 Å². The van der Waals surface area contributed by atoms with Crippen LogP contribution in [0, 0.1) is 0 Å². The molecular formula is C17H15NO3. The second kappa shape index (κ2) is 5.79. The van der Waals surface area contributed by atoms with Gasteiger partial charge in [-0.1, -0.05) is 6.07 Å².